The van der Waals surface area contributed by atoms with Crippen LogP contribution < -0.4 is 10.6 Å². The lowest BCUT2D eigenvalue weighted by Crippen LogP contribution is -2.57. The molecule has 4 aromatic carbocycles. The van der Waals surface area contributed by atoms with Gasteiger partial charge in [-0.25, -0.2) is 0 Å². The van der Waals surface area contributed by atoms with Gasteiger partial charge in [-0.3, -0.25) is 19.1 Å². The largest absolute Gasteiger partial charge is 0.507 e. The molecular formula is C38H36ClN5O5. The predicted molar refractivity (Wildman–Crippen MR) is 188 cm³/mol. The van der Waals surface area contributed by atoms with Gasteiger partial charge in [0.05, 0.1) is 13.2 Å². The minimum Gasteiger partial charge on any atom is -0.507 e. The number of nitrogens with zero attached hydrogens (tertiary/aromatic N) is 3. The molecule has 1 aromatic heterocycles. The van der Waals surface area contributed by atoms with E-state index in [4.69, 9.17) is 21.4 Å². The van der Waals surface area contributed by atoms with Crippen LogP contribution in [0.15, 0.2) is 109 Å². The zero-order valence-electron chi connectivity index (χ0n) is 27.0. The summed E-state index contributed by atoms with van der Waals surface area (Å²) in [4.78, 5) is 42.5. The number of hydrogen-bond donors (Lipinski definition) is 3. The lowest BCUT2D eigenvalue weighted by molar-refractivity contribution is -0.148. The number of halogens is 1. The van der Waals surface area contributed by atoms with Crippen molar-refractivity contribution in [3.05, 3.63) is 125 Å². The lowest BCUT2D eigenvalue weighted by Gasteiger charge is -2.37. The van der Waals surface area contributed by atoms with Crippen molar-refractivity contribution in [1.29, 1.82) is 0 Å². The molecule has 250 valence electrons. The van der Waals surface area contributed by atoms with Crippen molar-refractivity contribution in [3.63, 3.8) is 0 Å². The standard InChI is InChI=1S/C38H36ClN5O5/c1-24(2)44-22-31(35(42-44)30-21-28(39)15-18-33(30)45)25-13-16-29(17-14-25)40-37(47)32-23-49-20-19-43(32)38(48)34(26-9-5-3-6-10-26)41-36(46)27-11-7-4-8-12-27/h3-18,21-22,24,32,34,45H,19-20,23H2,1-2H3,(H,40,47)(H,41,46)/t32-,34+/m0/s1. The maximum atomic E-state index is 14.1. The number of benzene rings is 4. The number of aromatic hydroxyl groups is 1. The van der Waals surface area contributed by atoms with Crippen molar-refractivity contribution in [3.8, 4) is 28.1 Å². The monoisotopic (exact) mass is 677 g/mol. The molecule has 1 aliphatic heterocycles. The summed E-state index contributed by atoms with van der Waals surface area (Å²) in [5.41, 5.74) is 4.23. The van der Waals surface area contributed by atoms with Crippen LogP contribution in [0.5, 0.6) is 5.75 Å². The van der Waals surface area contributed by atoms with Gasteiger partial charge in [-0.15, -0.1) is 0 Å². The van der Waals surface area contributed by atoms with Gasteiger partial charge in [-0.1, -0.05) is 72.3 Å². The fourth-order valence-corrected chi connectivity index (χ4v) is 5.88. The average Bonchev–Trinajstić information content (AvgIpc) is 3.58. The molecule has 2 heterocycles. The Morgan fingerprint density at radius 3 is 2.31 bits per heavy atom. The predicted octanol–water partition coefficient (Wildman–Crippen LogP) is 6.49. The SMILES string of the molecule is CC(C)n1cc(-c2ccc(NC(=O)[C@@H]3COCCN3C(=O)[C@H](NC(=O)c3ccccc3)c3ccccc3)cc2)c(-c2cc(Cl)ccc2O)n1. The number of amides is 3. The number of carbonyl (C=O) groups is 3. The Kier molecular flexibility index (Phi) is 10.1. The van der Waals surface area contributed by atoms with E-state index in [2.05, 4.69) is 10.6 Å². The van der Waals surface area contributed by atoms with E-state index in [9.17, 15) is 19.5 Å². The average molecular weight is 678 g/mol. The number of nitrogens with one attached hydrogen (secondary N) is 2. The number of phenols is 1. The second kappa shape index (κ2) is 14.8. The van der Waals surface area contributed by atoms with Gasteiger partial charge in [0.15, 0.2) is 0 Å². The van der Waals surface area contributed by atoms with Crippen LogP contribution in [-0.4, -0.2) is 63.3 Å². The third-order valence-corrected chi connectivity index (χ3v) is 8.58. The molecule has 1 fully saturated rings. The molecule has 3 N–H and O–H groups in total. The Morgan fingerprint density at radius 2 is 1.61 bits per heavy atom. The van der Waals surface area contributed by atoms with Crippen LogP contribution in [0.2, 0.25) is 5.02 Å². The van der Waals surface area contributed by atoms with Crippen molar-refractivity contribution >= 4 is 35.0 Å². The molecule has 5 aromatic rings. The number of rotatable bonds is 9. The van der Waals surface area contributed by atoms with Gasteiger partial charge >= 0.3 is 0 Å². The smallest absolute Gasteiger partial charge is 0.252 e. The zero-order chi connectivity index (χ0) is 34.5. The highest BCUT2D eigenvalue weighted by molar-refractivity contribution is 6.31. The van der Waals surface area contributed by atoms with Gasteiger partial charge in [0.1, 0.15) is 23.5 Å². The summed E-state index contributed by atoms with van der Waals surface area (Å²) in [5, 5.41) is 21.6. The number of phenolic OH excluding ortho intramolecular Hbond substituents is 1. The Labute approximate surface area is 289 Å². The Bertz CT molecular complexity index is 1950. The molecule has 11 heteroatoms. The minimum atomic E-state index is -1.01. The maximum Gasteiger partial charge on any atom is 0.252 e. The first-order valence-corrected chi connectivity index (χ1v) is 16.4. The second-order valence-corrected chi connectivity index (χ2v) is 12.4. The van der Waals surface area contributed by atoms with E-state index >= 15 is 0 Å². The van der Waals surface area contributed by atoms with Gasteiger partial charge in [0.2, 0.25) is 5.91 Å². The highest BCUT2D eigenvalue weighted by Crippen LogP contribution is 2.38. The van der Waals surface area contributed by atoms with Crippen LogP contribution >= 0.6 is 11.6 Å². The highest BCUT2D eigenvalue weighted by Gasteiger charge is 2.37. The lowest BCUT2D eigenvalue weighted by atomic mass is 10.0. The third-order valence-electron chi connectivity index (χ3n) is 8.34. The van der Waals surface area contributed by atoms with Crippen LogP contribution in [0.1, 0.15) is 41.9 Å². The number of aromatic nitrogens is 2. The van der Waals surface area contributed by atoms with E-state index in [0.29, 0.717) is 33.1 Å². The second-order valence-electron chi connectivity index (χ2n) is 12.0. The van der Waals surface area contributed by atoms with Crippen LogP contribution in [0.4, 0.5) is 5.69 Å². The summed E-state index contributed by atoms with van der Waals surface area (Å²) in [6, 6.07) is 27.9. The topological polar surface area (TPSA) is 126 Å². The van der Waals surface area contributed by atoms with Gasteiger partial charge < -0.3 is 25.4 Å². The van der Waals surface area contributed by atoms with Crippen molar-refractivity contribution in [2.45, 2.75) is 32.0 Å². The summed E-state index contributed by atoms with van der Waals surface area (Å²) in [6.07, 6.45) is 1.91. The van der Waals surface area contributed by atoms with Crippen LogP contribution in [0.25, 0.3) is 22.4 Å². The number of ether oxygens (including phenoxy) is 1. The van der Waals surface area contributed by atoms with Crippen LogP contribution in [0.3, 0.4) is 0 Å². The van der Waals surface area contributed by atoms with E-state index in [1.165, 1.54) is 11.0 Å². The molecule has 0 unspecified atom stereocenters. The molecular weight excluding hydrogens is 642 g/mol. The molecule has 0 spiro atoms. The first-order chi connectivity index (χ1) is 23.7. The van der Waals surface area contributed by atoms with Gasteiger partial charge in [0.25, 0.3) is 11.8 Å². The van der Waals surface area contributed by atoms with E-state index < -0.39 is 29.8 Å². The van der Waals surface area contributed by atoms with Gasteiger partial charge in [-0.2, -0.15) is 5.10 Å². The zero-order valence-corrected chi connectivity index (χ0v) is 27.8. The van der Waals surface area contributed by atoms with Crippen LogP contribution in [0, 0.1) is 0 Å². The number of anilines is 1. The number of carbonyl (C=O) groups excluding carboxylic acids is 3. The summed E-state index contributed by atoms with van der Waals surface area (Å²) < 4.78 is 7.47. The molecule has 1 aliphatic rings. The molecule has 0 radical (unpaired) electrons. The quantitative estimate of drug-likeness (QED) is 0.164. The van der Waals surface area contributed by atoms with Crippen molar-refractivity contribution in [1.82, 2.24) is 20.0 Å². The molecule has 2 atom stereocenters. The molecule has 3 amide bonds. The first-order valence-electron chi connectivity index (χ1n) is 16.0. The molecule has 0 saturated carbocycles. The van der Waals surface area contributed by atoms with Crippen LogP contribution in [-0.2, 0) is 14.3 Å². The van der Waals surface area contributed by atoms with Gasteiger partial charge in [-0.05, 0) is 67.4 Å². The van der Waals surface area contributed by atoms with Crippen molar-refractivity contribution in [2.24, 2.45) is 0 Å². The van der Waals surface area contributed by atoms with E-state index in [0.717, 1.165) is 11.1 Å². The van der Waals surface area contributed by atoms with E-state index in [1.807, 2.05) is 49.0 Å². The molecule has 49 heavy (non-hydrogen) atoms. The molecule has 10 nitrogen and oxygen atoms in total. The molecule has 6 rings (SSSR count). The Balaban J connectivity index is 1.22. The fourth-order valence-electron chi connectivity index (χ4n) is 5.71. The number of hydrogen-bond acceptors (Lipinski definition) is 6. The van der Waals surface area contributed by atoms with Gasteiger partial charge in [0, 0.05) is 46.2 Å². The molecule has 0 bridgehead atoms. The first kappa shape index (κ1) is 33.5. The van der Waals surface area contributed by atoms with E-state index in [1.54, 1.807) is 72.8 Å². The molecule has 1 saturated heterocycles. The summed E-state index contributed by atoms with van der Waals surface area (Å²) in [5.74, 6) is -1.16. The Morgan fingerprint density at radius 1 is 0.918 bits per heavy atom. The molecule has 0 aliphatic carbocycles. The minimum absolute atomic E-state index is 0.00464. The van der Waals surface area contributed by atoms with Crippen molar-refractivity contribution in [2.75, 3.05) is 25.1 Å². The normalized spacial score (nSPS) is 15.1. The summed E-state index contributed by atoms with van der Waals surface area (Å²) in [7, 11) is 0. The summed E-state index contributed by atoms with van der Waals surface area (Å²) >= 11 is 6.26. The Hall–Kier alpha value is -5.45. The third kappa shape index (κ3) is 7.51. The van der Waals surface area contributed by atoms with Crippen molar-refractivity contribution < 1.29 is 24.2 Å². The number of morpholine rings is 1. The highest BCUT2D eigenvalue weighted by atomic mass is 35.5. The maximum absolute atomic E-state index is 14.1. The summed E-state index contributed by atoms with van der Waals surface area (Å²) in [6.45, 7) is 4.47. The fraction of sp³-hybridized carbons (Fsp3) is 0.211. The van der Waals surface area contributed by atoms with E-state index in [-0.39, 0.29) is 31.5 Å².